The van der Waals surface area contributed by atoms with E-state index >= 15 is 0 Å². The first-order valence-electron chi connectivity index (χ1n) is 5.59. The van der Waals surface area contributed by atoms with Crippen molar-refractivity contribution in [2.75, 3.05) is 37.5 Å². The van der Waals surface area contributed by atoms with Crippen LogP contribution >= 0.6 is 0 Å². The minimum atomic E-state index is -0.505. The number of hydrogen-bond acceptors (Lipinski definition) is 6. The second-order valence-electron chi connectivity index (χ2n) is 3.88. The molecule has 8 heteroatoms. The van der Waals surface area contributed by atoms with Crippen molar-refractivity contribution in [3.63, 3.8) is 0 Å². The number of nitrogens with zero attached hydrogens (tertiary/aromatic N) is 1. The lowest BCUT2D eigenvalue weighted by atomic mass is 10.2. The van der Waals surface area contributed by atoms with Crippen molar-refractivity contribution in [1.29, 1.82) is 0 Å². The average Bonchev–Trinajstić information content (AvgIpc) is 2.37. The standard InChI is InChI=1S/C11H13N3O5/c1-18-3-2-12-7-4-8-10(5-9(7)14(16)17)19-6-11(15)13-8/h4-5,12H,2-3,6H2,1H3,(H,13,15). The number of rotatable bonds is 5. The lowest BCUT2D eigenvalue weighted by Gasteiger charge is -2.19. The Morgan fingerprint density at radius 1 is 1.58 bits per heavy atom. The van der Waals surface area contributed by atoms with E-state index in [0.717, 1.165) is 0 Å². The number of carbonyl (C=O) groups is 1. The van der Waals surface area contributed by atoms with Gasteiger partial charge in [0.2, 0.25) is 0 Å². The Balaban J connectivity index is 2.31. The molecule has 0 fully saturated rings. The normalized spacial score (nSPS) is 13.2. The van der Waals surface area contributed by atoms with Crippen molar-refractivity contribution < 1.29 is 19.2 Å². The molecule has 0 bridgehead atoms. The predicted molar refractivity (Wildman–Crippen MR) is 67.6 cm³/mol. The van der Waals surface area contributed by atoms with Crippen molar-refractivity contribution in [3.05, 3.63) is 22.2 Å². The van der Waals surface area contributed by atoms with E-state index in [1.807, 2.05) is 0 Å². The van der Waals surface area contributed by atoms with Crippen LogP contribution in [-0.2, 0) is 9.53 Å². The van der Waals surface area contributed by atoms with Gasteiger partial charge < -0.3 is 20.1 Å². The first-order valence-corrected chi connectivity index (χ1v) is 5.59. The zero-order chi connectivity index (χ0) is 13.8. The molecule has 1 aromatic rings. The monoisotopic (exact) mass is 267 g/mol. The van der Waals surface area contributed by atoms with E-state index in [1.165, 1.54) is 19.2 Å². The van der Waals surface area contributed by atoms with Crippen LogP contribution in [0.2, 0.25) is 0 Å². The molecule has 0 saturated heterocycles. The van der Waals surface area contributed by atoms with E-state index in [4.69, 9.17) is 9.47 Å². The van der Waals surface area contributed by atoms with Crippen LogP contribution in [0.4, 0.5) is 17.1 Å². The van der Waals surface area contributed by atoms with E-state index in [-0.39, 0.29) is 18.2 Å². The summed E-state index contributed by atoms with van der Waals surface area (Å²) in [4.78, 5) is 21.7. The molecule has 0 aromatic heterocycles. The third-order valence-corrected chi connectivity index (χ3v) is 2.55. The summed E-state index contributed by atoms with van der Waals surface area (Å²) < 4.78 is 10.0. The number of anilines is 2. The van der Waals surface area contributed by atoms with Gasteiger partial charge in [0, 0.05) is 13.7 Å². The first kappa shape index (κ1) is 13.1. The summed E-state index contributed by atoms with van der Waals surface area (Å²) in [5.41, 5.74) is 0.624. The van der Waals surface area contributed by atoms with Crippen molar-refractivity contribution in [1.82, 2.24) is 0 Å². The summed E-state index contributed by atoms with van der Waals surface area (Å²) in [6.07, 6.45) is 0. The smallest absolute Gasteiger partial charge is 0.296 e. The number of methoxy groups -OCH3 is 1. The molecule has 19 heavy (non-hydrogen) atoms. The Bertz CT molecular complexity index is 517. The Morgan fingerprint density at radius 2 is 2.37 bits per heavy atom. The van der Waals surface area contributed by atoms with Crippen LogP contribution in [0.15, 0.2) is 12.1 Å². The van der Waals surface area contributed by atoms with E-state index in [1.54, 1.807) is 0 Å². The molecule has 0 atom stereocenters. The topological polar surface area (TPSA) is 103 Å². The summed E-state index contributed by atoms with van der Waals surface area (Å²) in [5.74, 6) is 0.00721. The number of hydrogen-bond donors (Lipinski definition) is 2. The van der Waals surface area contributed by atoms with Crippen molar-refractivity contribution >= 4 is 23.0 Å². The Kier molecular flexibility index (Phi) is 3.81. The molecule has 1 aliphatic heterocycles. The van der Waals surface area contributed by atoms with Gasteiger partial charge in [0.15, 0.2) is 12.4 Å². The molecule has 0 saturated carbocycles. The molecule has 0 spiro atoms. The second-order valence-corrected chi connectivity index (χ2v) is 3.88. The van der Waals surface area contributed by atoms with Crippen LogP contribution in [0.5, 0.6) is 5.75 Å². The highest BCUT2D eigenvalue weighted by Crippen LogP contribution is 2.37. The zero-order valence-electron chi connectivity index (χ0n) is 10.3. The van der Waals surface area contributed by atoms with E-state index in [9.17, 15) is 14.9 Å². The fraction of sp³-hybridized carbons (Fsp3) is 0.364. The van der Waals surface area contributed by atoms with Crippen LogP contribution in [-0.4, -0.2) is 37.7 Å². The summed E-state index contributed by atoms with van der Waals surface area (Å²) in [6.45, 7) is 0.697. The van der Waals surface area contributed by atoms with Gasteiger partial charge in [-0.25, -0.2) is 0 Å². The van der Waals surface area contributed by atoms with Gasteiger partial charge in [0.1, 0.15) is 5.69 Å². The summed E-state index contributed by atoms with van der Waals surface area (Å²) >= 11 is 0. The van der Waals surface area contributed by atoms with Crippen molar-refractivity contribution in [2.45, 2.75) is 0 Å². The highest BCUT2D eigenvalue weighted by molar-refractivity contribution is 5.96. The number of fused-ring (bicyclic) bond motifs is 1. The largest absolute Gasteiger partial charge is 0.481 e. The number of carbonyl (C=O) groups excluding carboxylic acids is 1. The van der Waals surface area contributed by atoms with Gasteiger partial charge in [0.05, 0.1) is 23.3 Å². The van der Waals surface area contributed by atoms with Gasteiger partial charge in [-0.05, 0) is 6.07 Å². The second kappa shape index (κ2) is 5.53. The highest BCUT2D eigenvalue weighted by atomic mass is 16.6. The fourth-order valence-electron chi connectivity index (χ4n) is 1.70. The molecule has 0 unspecified atom stereocenters. The molecule has 0 aliphatic carbocycles. The molecular weight excluding hydrogens is 254 g/mol. The number of nitro benzene ring substituents is 1. The number of ether oxygens (including phenoxy) is 2. The Hall–Kier alpha value is -2.35. The lowest BCUT2D eigenvalue weighted by Crippen LogP contribution is -2.25. The molecule has 1 heterocycles. The molecule has 8 nitrogen and oxygen atoms in total. The quantitative estimate of drug-likeness (QED) is 0.468. The van der Waals surface area contributed by atoms with E-state index < -0.39 is 4.92 Å². The number of nitrogens with one attached hydrogen (secondary N) is 2. The molecule has 0 radical (unpaired) electrons. The Labute approximate surface area is 108 Å². The van der Waals surface area contributed by atoms with E-state index in [0.29, 0.717) is 30.3 Å². The molecular formula is C11H13N3O5. The predicted octanol–water partition coefficient (Wildman–Crippen LogP) is 0.984. The van der Waals surface area contributed by atoms with Gasteiger partial charge in [-0.15, -0.1) is 0 Å². The maximum absolute atomic E-state index is 11.2. The SMILES string of the molecule is COCCNc1cc2c(cc1[N+](=O)[O-])OCC(=O)N2. The van der Waals surface area contributed by atoms with Gasteiger partial charge in [-0.1, -0.05) is 0 Å². The third-order valence-electron chi connectivity index (χ3n) is 2.55. The zero-order valence-corrected chi connectivity index (χ0v) is 10.3. The van der Waals surface area contributed by atoms with Crippen LogP contribution in [0.3, 0.4) is 0 Å². The minimum Gasteiger partial charge on any atom is -0.481 e. The molecule has 102 valence electrons. The summed E-state index contributed by atoms with van der Waals surface area (Å²) in [7, 11) is 1.54. The van der Waals surface area contributed by atoms with Crippen molar-refractivity contribution in [2.24, 2.45) is 0 Å². The lowest BCUT2D eigenvalue weighted by molar-refractivity contribution is -0.384. The van der Waals surface area contributed by atoms with Crippen LogP contribution < -0.4 is 15.4 Å². The average molecular weight is 267 g/mol. The van der Waals surface area contributed by atoms with Gasteiger partial charge in [-0.3, -0.25) is 14.9 Å². The Morgan fingerprint density at radius 3 is 3.05 bits per heavy atom. The summed E-state index contributed by atoms with van der Waals surface area (Å²) in [5, 5.41) is 16.5. The molecule has 1 amide bonds. The maximum Gasteiger partial charge on any atom is 0.296 e. The third kappa shape index (κ3) is 2.91. The van der Waals surface area contributed by atoms with Gasteiger partial charge in [0.25, 0.3) is 11.6 Å². The van der Waals surface area contributed by atoms with Crippen molar-refractivity contribution in [3.8, 4) is 5.75 Å². The highest BCUT2D eigenvalue weighted by Gasteiger charge is 2.23. The number of benzene rings is 1. The fourth-order valence-corrected chi connectivity index (χ4v) is 1.70. The van der Waals surface area contributed by atoms with Gasteiger partial charge >= 0.3 is 0 Å². The van der Waals surface area contributed by atoms with Gasteiger partial charge in [-0.2, -0.15) is 0 Å². The van der Waals surface area contributed by atoms with Crippen LogP contribution in [0.1, 0.15) is 0 Å². The first-order chi connectivity index (χ1) is 9.11. The molecule has 2 rings (SSSR count). The molecule has 1 aliphatic rings. The van der Waals surface area contributed by atoms with E-state index in [2.05, 4.69) is 10.6 Å². The minimum absolute atomic E-state index is 0.106. The molecule has 2 N–H and O–H groups in total. The van der Waals surface area contributed by atoms with Crippen LogP contribution in [0.25, 0.3) is 0 Å². The number of nitro groups is 1. The summed E-state index contributed by atoms with van der Waals surface area (Å²) in [6, 6.07) is 2.78. The molecule has 1 aromatic carbocycles. The number of amides is 1. The maximum atomic E-state index is 11.2. The van der Waals surface area contributed by atoms with Crippen LogP contribution in [0, 0.1) is 10.1 Å².